The fraction of sp³-hybridized carbons (Fsp3) is 0.158. The van der Waals surface area contributed by atoms with Crippen LogP contribution in [0.25, 0.3) is 22.2 Å². The van der Waals surface area contributed by atoms with E-state index in [4.69, 9.17) is 4.74 Å². The number of amides is 1. The number of carbonyl (C=O) groups is 1. The van der Waals surface area contributed by atoms with Gasteiger partial charge in [0.1, 0.15) is 0 Å². The maximum Gasteiger partial charge on any atom is 0.427 e. The minimum absolute atomic E-state index is 0.310. The minimum atomic E-state index is -0.560. The van der Waals surface area contributed by atoms with Crippen LogP contribution < -0.4 is 5.43 Å². The number of aryl methyl sites for hydroxylation is 1. The number of hydrazone groups is 1. The summed E-state index contributed by atoms with van der Waals surface area (Å²) in [5.41, 5.74) is 6.58. The molecule has 24 heavy (non-hydrogen) atoms. The van der Waals surface area contributed by atoms with Crippen molar-refractivity contribution >= 4 is 23.2 Å². The van der Waals surface area contributed by atoms with Gasteiger partial charge in [0.2, 0.25) is 0 Å². The van der Waals surface area contributed by atoms with Crippen LogP contribution in [-0.4, -0.2) is 23.5 Å². The Bertz CT molecular complexity index is 882. The molecule has 3 aromatic rings. The second kappa shape index (κ2) is 7.00. The van der Waals surface area contributed by atoms with Crippen LogP contribution in [0.3, 0.4) is 0 Å². The van der Waals surface area contributed by atoms with Crippen molar-refractivity contribution in [3.63, 3.8) is 0 Å². The van der Waals surface area contributed by atoms with E-state index in [1.54, 1.807) is 13.1 Å². The van der Waals surface area contributed by atoms with E-state index in [2.05, 4.69) is 33.3 Å². The molecule has 3 rings (SSSR count). The fourth-order valence-electron chi connectivity index (χ4n) is 2.81. The van der Waals surface area contributed by atoms with Gasteiger partial charge in [0.25, 0.3) is 0 Å². The zero-order valence-electron chi connectivity index (χ0n) is 13.7. The summed E-state index contributed by atoms with van der Waals surface area (Å²) in [5.74, 6) is 0. The number of fused-ring (bicyclic) bond motifs is 1. The molecule has 0 spiro atoms. The van der Waals surface area contributed by atoms with E-state index in [0.717, 1.165) is 27.7 Å². The molecule has 1 amide bonds. The number of rotatable bonds is 4. The Morgan fingerprint density at radius 2 is 1.88 bits per heavy atom. The average Bonchev–Trinajstić information content (AvgIpc) is 2.89. The van der Waals surface area contributed by atoms with Crippen molar-refractivity contribution in [1.82, 2.24) is 9.99 Å². The van der Waals surface area contributed by atoms with E-state index in [1.807, 2.05) is 43.4 Å². The van der Waals surface area contributed by atoms with Gasteiger partial charge in [-0.3, -0.25) is 0 Å². The molecule has 0 radical (unpaired) electrons. The van der Waals surface area contributed by atoms with Crippen LogP contribution in [0.15, 0.2) is 59.7 Å². The van der Waals surface area contributed by atoms with Gasteiger partial charge in [-0.25, -0.2) is 10.2 Å². The number of carbonyl (C=O) groups excluding carboxylic acids is 1. The van der Waals surface area contributed by atoms with Crippen LogP contribution in [0.5, 0.6) is 0 Å². The Balaban J connectivity index is 2.08. The van der Waals surface area contributed by atoms with Crippen LogP contribution in [-0.2, 0) is 11.8 Å². The average molecular weight is 321 g/mol. The van der Waals surface area contributed by atoms with E-state index in [0.29, 0.717) is 6.61 Å². The number of hydrogen-bond donors (Lipinski definition) is 1. The Labute approximate surface area is 140 Å². The molecular weight excluding hydrogens is 302 g/mol. The summed E-state index contributed by atoms with van der Waals surface area (Å²) in [6, 6.07) is 18.2. The third-order valence-electron chi connectivity index (χ3n) is 3.82. The lowest BCUT2D eigenvalue weighted by molar-refractivity contribution is 0.152. The Morgan fingerprint density at radius 1 is 1.17 bits per heavy atom. The molecule has 0 aliphatic carbocycles. The van der Waals surface area contributed by atoms with Crippen molar-refractivity contribution < 1.29 is 9.53 Å². The maximum atomic E-state index is 11.4. The van der Waals surface area contributed by atoms with Crippen LogP contribution in [0.4, 0.5) is 4.79 Å². The summed E-state index contributed by atoms with van der Waals surface area (Å²) in [6.45, 7) is 2.06. The first kappa shape index (κ1) is 15.8. The molecule has 1 N–H and O–H groups in total. The number of nitrogens with zero attached hydrogens (tertiary/aromatic N) is 2. The monoisotopic (exact) mass is 321 g/mol. The summed E-state index contributed by atoms with van der Waals surface area (Å²) in [4.78, 5) is 11.4. The highest BCUT2D eigenvalue weighted by atomic mass is 16.5. The molecular formula is C19H19N3O2. The highest BCUT2D eigenvalue weighted by Crippen LogP contribution is 2.31. The van der Waals surface area contributed by atoms with Gasteiger partial charge in [-0.2, -0.15) is 5.10 Å². The first-order valence-electron chi connectivity index (χ1n) is 7.81. The van der Waals surface area contributed by atoms with Gasteiger partial charge in [-0.05, 0) is 18.6 Å². The summed E-state index contributed by atoms with van der Waals surface area (Å²) < 4.78 is 6.95. The molecule has 0 saturated heterocycles. The molecule has 2 aromatic carbocycles. The molecule has 0 bridgehead atoms. The van der Waals surface area contributed by atoms with Gasteiger partial charge in [-0.15, -0.1) is 0 Å². The molecule has 0 aliphatic rings. The van der Waals surface area contributed by atoms with E-state index >= 15 is 0 Å². The van der Waals surface area contributed by atoms with Crippen molar-refractivity contribution in [3.05, 3.63) is 60.2 Å². The number of benzene rings is 2. The third-order valence-corrected chi connectivity index (χ3v) is 3.82. The first-order valence-corrected chi connectivity index (χ1v) is 7.81. The topological polar surface area (TPSA) is 55.6 Å². The lowest BCUT2D eigenvalue weighted by Crippen LogP contribution is -2.18. The number of ether oxygens (including phenoxy) is 1. The quantitative estimate of drug-likeness (QED) is 0.585. The van der Waals surface area contributed by atoms with Gasteiger partial charge in [0, 0.05) is 23.5 Å². The van der Waals surface area contributed by atoms with E-state index in [-0.39, 0.29) is 0 Å². The number of hydrogen-bond acceptors (Lipinski definition) is 3. The molecule has 0 fully saturated rings. The van der Waals surface area contributed by atoms with Crippen LogP contribution in [0, 0.1) is 0 Å². The molecule has 0 unspecified atom stereocenters. The SMILES string of the molecule is CCOC(=O)N/N=C\c1c(-c2ccccc2)n(C)c2ccccc12. The Hall–Kier alpha value is -3.08. The second-order valence-electron chi connectivity index (χ2n) is 5.29. The van der Waals surface area contributed by atoms with E-state index in [1.165, 1.54) is 0 Å². The first-order chi connectivity index (χ1) is 11.7. The molecule has 0 saturated carbocycles. The van der Waals surface area contributed by atoms with Gasteiger partial charge in [0.05, 0.1) is 18.5 Å². The van der Waals surface area contributed by atoms with E-state index in [9.17, 15) is 4.79 Å². The van der Waals surface area contributed by atoms with Crippen LogP contribution >= 0.6 is 0 Å². The van der Waals surface area contributed by atoms with Gasteiger partial charge in [-0.1, -0.05) is 48.5 Å². The van der Waals surface area contributed by atoms with Crippen molar-refractivity contribution in [1.29, 1.82) is 0 Å². The predicted octanol–water partition coefficient (Wildman–Crippen LogP) is 3.93. The third kappa shape index (κ3) is 3.01. The lowest BCUT2D eigenvalue weighted by atomic mass is 10.1. The fourth-order valence-corrected chi connectivity index (χ4v) is 2.81. The summed E-state index contributed by atoms with van der Waals surface area (Å²) in [5, 5.41) is 5.12. The zero-order valence-corrected chi connectivity index (χ0v) is 13.7. The van der Waals surface area contributed by atoms with Crippen LogP contribution in [0.1, 0.15) is 12.5 Å². The standard InChI is InChI=1S/C19H19N3O2/c1-3-24-19(23)21-20-13-16-15-11-7-8-12-17(15)22(2)18(16)14-9-5-4-6-10-14/h4-13H,3H2,1-2H3,(H,21,23)/b20-13-. The largest absolute Gasteiger partial charge is 0.449 e. The molecule has 5 nitrogen and oxygen atoms in total. The number of nitrogens with one attached hydrogen (secondary N) is 1. The van der Waals surface area contributed by atoms with Crippen molar-refractivity contribution in [3.8, 4) is 11.3 Å². The van der Waals surface area contributed by atoms with E-state index < -0.39 is 6.09 Å². The number of para-hydroxylation sites is 1. The highest BCUT2D eigenvalue weighted by molar-refractivity contribution is 6.06. The molecule has 0 aliphatic heterocycles. The van der Waals surface area contributed by atoms with Gasteiger partial charge in [0.15, 0.2) is 0 Å². The molecule has 1 heterocycles. The molecule has 5 heteroatoms. The number of aromatic nitrogens is 1. The van der Waals surface area contributed by atoms with Crippen LogP contribution in [0.2, 0.25) is 0 Å². The summed E-state index contributed by atoms with van der Waals surface area (Å²) in [6.07, 6.45) is 1.11. The molecule has 0 atom stereocenters. The van der Waals surface area contributed by atoms with Gasteiger partial charge >= 0.3 is 6.09 Å². The van der Waals surface area contributed by atoms with Gasteiger partial charge < -0.3 is 9.30 Å². The minimum Gasteiger partial charge on any atom is -0.449 e. The normalized spacial score (nSPS) is 11.1. The zero-order chi connectivity index (χ0) is 16.9. The lowest BCUT2D eigenvalue weighted by Gasteiger charge is -2.06. The maximum absolute atomic E-state index is 11.4. The van der Waals surface area contributed by atoms with Crippen molar-refractivity contribution in [2.75, 3.05) is 6.61 Å². The molecule has 122 valence electrons. The van der Waals surface area contributed by atoms with Crippen molar-refractivity contribution in [2.24, 2.45) is 12.1 Å². The smallest absolute Gasteiger partial charge is 0.427 e. The van der Waals surface area contributed by atoms with Crippen molar-refractivity contribution in [2.45, 2.75) is 6.92 Å². The molecule has 1 aromatic heterocycles. The Morgan fingerprint density at radius 3 is 2.62 bits per heavy atom. The predicted molar refractivity (Wildman–Crippen MR) is 96.1 cm³/mol. The Kier molecular flexibility index (Phi) is 4.61. The second-order valence-corrected chi connectivity index (χ2v) is 5.29. The highest BCUT2D eigenvalue weighted by Gasteiger charge is 2.14. The summed E-state index contributed by atoms with van der Waals surface area (Å²) >= 11 is 0. The summed E-state index contributed by atoms with van der Waals surface area (Å²) in [7, 11) is 2.03.